The number of hydrogen-bond donors (Lipinski definition) is 1. The minimum atomic E-state index is -3.64. The average molecular weight is 391 g/mol. The van der Waals surface area contributed by atoms with Crippen molar-refractivity contribution in [2.24, 2.45) is 0 Å². The van der Waals surface area contributed by atoms with Gasteiger partial charge in [-0.1, -0.05) is 25.1 Å². The van der Waals surface area contributed by atoms with Crippen LogP contribution in [0.4, 0.5) is 5.69 Å². The third kappa shape index (κ3) is 5.72. The smallest absolute Gasteiger partial charge is 0.243 e. The molecule has 7 heteroatoms. The number of ether oxygens (including phenoxy) is 1. The number of sulfonamides is 1. The van der Waals surface area contributed by atoms with E-state index in [-0.39, 0.29) is 11.9 Å². The molecule has 0 heterocycles. The van der Waals surface area contributed by atoms with Crippen LogP contribution in [0.5, 0.6) is 11.5 Å². The normalized spacial score (nSPS) is 13.5. The lowest BCUT2D eigenvalue weighted by molar-refractivity contribution is -0.122. The number of nitrogens with one attached hydrogen (secondary N) is 1. The van der Waals surface area contributed by atoms with Crippen molar-refractivity contribution in [1.82, 2.24) is 5.32 Å². The van der Waals surface area contributed by atoms with E-state index >= 15 is 0 Å². The van der Waals surface area contributed by atoms with Crippen molar-refractivity contribution in [3.63, 3.8) is 0 Å². The van der Waals surface area contributed by atoms with Crippen molar-refractivity contribution in [3.8, 4) is 11.5 Å². The fourth-order valence-corrected chi connectivity index (χ4v) is 3.73. The lowest BCUT2D eigenvalue weighted by atomic mass is 10.2. The molecule has 0 bridgehead atoms. The predicted octanol–water partition coefficient (Wildman–Crippen LogP) is 3.55. The second-order valence-electron chi connectivity index (χ2n) is 6.46. The molecule has 6 nitrogen and oxygen atoms in total. The topological polar surface area (TPSA) is 75.7 Å². The van der Waals surface area contributed by atoms with Gasteiger partial charge in [-0.15, -0.1) is 0 Å². The van der Waals surface area contributed by atoms with Crippen LogP contribution in [0, 0.1) is 0 Å². The molecule has 1 amide bonds. The molecule has 2 aromatic rings. The number of nitrogens with zero attached hydrogens (tertiary/aromatic N) is 1. The molecule has 0 aromatic heterocycles. The first-order valence-corrected chi connectivity index (χ1v) is 10.7. The highest BCUT2D eigenvalue weighted by Gasteiger charge is 2.29. The van der Waals surface area contributed by atoms with Gasteiger partial charge in [-0.3, -0.25) is 9.10 Å². The van der Waals surface area contributed by atoms with E-state index in [1.807, 2.05) is 44.2 Å². The number of carbonyl (C=O) groups is 1. The number of amides is 1. The Bertz CT molecular complexity index is 851. The molecule has 0 saturated heterocycles. The van der Waals surface area contributed by atoms with Crippen LogP contribution >= 0.6 is 0 Å². The molecule has 0 spiro atoms. The maximum atomic E-state index is 12.4. The molecule has 0 radical (unpaired) electrons. The third-order valence-corrected chi connectivity index (χ3v) is 5.40. The fourth-order valence-electron chi connectivity index (χ4n) is 2.56. The SMILES string of the molecule is CC[C@@H](C)NC(=O)[C@@H](C)N(c1ccc(Oc2ccccc2)cc1)S(C)(=O)=O. The van der Waals surface area contributed by atoms with Gasteiger partial charge in [0.1, 0.15) is 17.5 Å². The molecule has 2 rings (SSSR count). The van der Waals surface area contributed by atoms with Gasteiger partial charge >= 0.3 is 0 Å². The van der Waals surface area contributed by atoms with Gasteiger partial charge in [0.25, 0.3) is 0 Å². The molecule has 2 aromatic carbocycles. The lowest BCUT2D eigenvalue weighted by Gasteiger charge is -2.29. The summed E-state index contributed by atoms with van der Waals surface area (Å²) in [5.41, 5.74) is 0.407. The Labute approximate surface area is 161 Å². The van der Waals surface area contributed by atoms with Crippen molar-refractivity contribution >= 4 is 21.6 Å². The van der Waals surface area contributed by atoms with Crippen molar-refractivity contribution < 1.29 is 17.9 Å². The Balaban J connectivity index is 2.23. The quantitative estimate of drug-likeness (QED) is 0.748. The summed E-state index contributed by atoms with van der Waals surface area (Å²) in [6.45, 7) is 5.41. The summed E-state index contributed by atoms with van der Waals surface area (Å²) in [4.78, 5) is 12.4. The van der Waals surface area contributed by atoms with Crippen molar-refractivity contribution in [2.75, 3.05) is 10.6 Å². The summed E-state index contributed by atoms with van der Waals surface area (Å²) >= 11 is 0. The molecule has 146 valence electrons. The minimum Gasteiger partial charge on any atom is -0.457 e. The Morgan fingerprint density at radius 2 is 1.59 bits per heavy atom. The van der Waals surface area contributed by atoms with E-state index in [0.29, 0.717) is 17.2 Å². The first-order valence-electron chi connectivity index (χ1n) is 8.85. The van der Waals surface area contributed by atoms with Crippen LogP contribution < -0.4 is 14.4 Å². The van der Waals surface area contributed by atoms with Gasteiger partial charge in [0, 0.05) is 6.04 Å². The molecule has 0 unspecified atom stereocenters. The monoisotopic (exact) mass is 390 g/mol. The van der Waals surface area contributed by atoms with Crippen LogP contribution in [0.2, 0.25) is 0 Å². The molecule has 0 aliphatic heterocycles. The first kappa shape index (κ1) is 20.8. The average Bonchev–Trinajstić information content (AvgIpc) is 2.62. The molecule has 2 atom stereocenters. The van der Waals surface area contributed by atoms with E-state index in [4.69, 9.17) is 4.74 Å². The number of para-hydroxylation sites is 1. The fraction of sp³-hybridized carbons (Fsp3) is 0.350. The molecule has 0 aliphatic rings. The number of rotatable bonds is 8. The van der Waals surface area contributed by atoms with E-state index in [0.717, 1.165) is 17.0 Å². The maximum Gasteiger partial charge on any atom is 0.243 e. The highest BCUT2D eigenvalue weighted by molar-refractivity contribution is 7.92. The zero-order chi connectivity index (χ0) is 20.0. The van der Waals surface area contributed by atoms with E-state index in [1.54, 1.807) is 31.2 Å². The van der Waals surface area contributed by atoms with Gasteiger partial charge in [-0.25, -0.2) is 8.42 Å². The van der Waals surface area contributed by atoms with E-state index in [9.17, 15) is 13.2 Å². The van der Waals surface area contributed by atoms with Crippen molar-refractivity contribution in [3.05, 3.63) is 54.6 Å². The zero-order valence-electron chi connectivity index (χ0n) is 16.0. The van der Waals surface area contributed by atoms with Gasteiger partial charge in [0.05, 0.1) is 11.9 Å². The van der Waals surface area contributed by atoms with Gasteiger partial charge in [-0.2, -0.15) is 0 Å². The number of carbonyl (C=O) groups excluding carboxylic acids is 1. The molecular weight excluding hydrogens is 364 g/mol. The zero-order valence-corrected chi connectivity index (χ0v) is 16.9. The standard InChI is InChI=1S/C20H26N2O4S/c1-5-15(2)21-20(23)16(3)22(27(4,24)25)17-11-13-19(14-12-17)26-18-9-7-6-8-10-18/h6-16H,5H2,1-4H3,(H,21,23)/t15-,16-/m1/s1. The van der Waals surface area contributed by atoms with Crippen LogP contribution in [0.3, 0.4) is 0 Å². The Morgan fingerprint density at radius 1 is 1.04 bits per heavy atom. The molecular formula is C20H26N2O4S. The highest BCUT2D eigenvalue weighted by atomic mass is 32.2. The largest absolute Gasteiger partial charge is 0.457 e. The van der Waals surface area contributed by atoms with E-state index < -0.39 is 16.1 Å². The van der Waals surface area contributed by atoms with Crippen LogP contribution in [0.1, 0.15) is 27.2 Å². The first-order chi connectivity index (χ1) is 12.7. The Morgan fingerprint density at radius 3 is 2.11 bits per heavy atom. The highest BCUT2D eigenvalue weighted by Crippen LogP contribution is 2.26. The summed E-state index contributed by atoms with van der Waals surface area (Å²) in [7, 11) is -3.64. The number of benzene rings is 2. The van der Waals surface area contributed by atoms with Gasteiger partial charge in [0.15, 0.2) is 0 Å². The van der Waals surface area contributed by atoms with Gasteiger partial charge in [-0.05, 0) is 56.7 Å². The second-order valence-corrected chi connectivity index (χ2v) is 8.32. The minimum absolute atomic E-state index is 0.0250. The van der Waals surface area contributed by atoms with Crippen LogP contribution in [-0.4, -0.2) is 32.7 Å². The van der Waals surface area contributed by atoms with Crippen LogP contribution in [-0.2, 0) is 14.8 Å². The van der Waals surface area contributed by atoms with E-state index in [1.165, 1.54) is 0 Å². The molecule has 0 aliphatic carbocycles. The molecule has 27 heavy (non-hydrogen) atoms. The summed E-state index contributed by atoms with van der Waals surface area (Å²) < 4.78 is 31.5. The maximum absolute atomic E-state index is 12.4. The number of hydrogen-bond acceptors (Lipinski definition) is 4. The third-order valence-electron chi connectivity index (χ3n) is 4.16. The van der Waals surface area contributed by atoms with Gasteiger partial charge < -0.3 is 10.1 Å². The Kier molecular flexibility index (Phi) is 6.85. The summed E-state index contributed by atoms with van der Waals surface area (Å²) in [5, 5.41) is 2.83. The van der Waals surface area contributed by atoms with Crippen molar-refractivity contribution in [2.45, 2.75) is 39.3 Å². The lowest BCUT2D eigenvalue weighted by Crippen LogP contribution is -2.49. The summed E-state index contributed by atoms with van der Waals surface area (Å²) in [6, 6.07) is 15.0. The summed E-state index contributed by atoms with van der Waals surface area (Å²) in [5.74, 6) is 0.931. The molecule has 0 saturated carbocycles. The molecule has 0 fully saturated rings. The van der Waals surface area contributed by atoms with E-state index in [2.05, 4.69) is 5.32 Å². The van der Waals surface area contributed by atoms with Gasteiger partial charge in [0.2, 0.25) is 15.9 Å². The van der Waals surface area contributed by atoms with Crippen molar-refractivity contribution in [1.29, 1.82) is 0 Å². The van der Waals surface area contributed by atoms with Crippen LogP contribution in [0.15, 0.2) is 54.6 Å². The van der Waals surface area contributed by atoms with Crippen LogP contribution in [0.25, 0.3) is 0 Å². The second kappa shape index (κ2) is 8.90. The number of anilines is 1. The predicted molar refractivity (Wildman–Crippen MR) is 108 cm³/mol. The Hall–Kier alpha value is -2.54. The summed E-state index contributed by atoms with van der Waals surface area (Å²) in [6.07, 6.45) is 1.86. The molecule has 1 N–H and O–H groups in total.